The second-order valence-corrected chi connectivity index (χ2v) is 8.85. The standard InChI is InChI=1S/C17H20N2O4S2/c1-12(11-20)18-17(21)16-15(7-9-24-16)25(22,23)19-8-6-13-4-2-3-5-14(13)10-19/h2-5,7,9,12,20H,6,8,10-11H2,1H3,(H,18,21)/t12-/m0/s1. The smallest absolute Gasteiger partial charge is 0.263 e. The Bertz CT molecular complexity index is 876. The Labute approximate surface area is 151 Å². The van der Waals surface area contributed by atoms with Gasteiger partial charge < -0.3 is 10.4 Å². The predicted octanol–water partition coefficient (Wildman–Crippen LogP) is 1.61. The van der Waals surface area contributed by atoms with Crippen molar-refractivity contribution in [2.24, 2.45) is 0 Å². The first-order valence-electron chi connectivity index (χ1n) is 7.99. The number of sulfonamides is 1. The van der Waals surface area contributed by atoms with E-state index in [4.69, 9.17) is 5.11 Å². The Morgan fingerprint density at radius 2 is 2.04 bits per heavy atom. The maximum Gasteiger partial charge on any atom is 0.263 e. The Hall–Kier alpha value is -1.74. The van der Waals surface area contributed by atoms with E-state index in [0.29, 0.717) is 19.5 Å². The number of amides is 1. The van der Waals surface area contributed by atoms with Gasteiger partial charge in [-0.15, -0.1) is 11.3 Å². The van der Waals surface area contributed by atoms with Gasteiger partial charge in [-0.2, -0.15) is 4.31 Å². The molecule has 0 spiro atoms. The first-order chi connectivity index (χ1) is 11.9. The molecule has 1 aromatic carbocycles. The van der Waals surface area contributed by atoms with Gasteiger partial charge in [0.15, 0.2) is 0 Å². The number of nitrogens with zero attached hydrogens (tertiary/aromatic N) is 1. The van der Waals surface area contributed by atoms with Crippen LogP contribution in [0.2, 0.25) is 0 Å². The molecule has 134 valence electrons. The van der Waals surface area contributed by atoms with Crippen LogP contribution in [-0.4, -0.2) is 42.9 Å². The van der Waals surface area contributed by atoms with E-state index in [9.17, 15) is 13.2 Å². The number of carbonyl (C=O) groups excluding carboxylic acids is 1. The van der Waals surface area contributed by atoms with Gasteiger partial charge in [-0.05, 0) is 35.9 Å². The Kier molecular flexibility index (Phi) is 5.24. The van der Waals surface area contributed by atoms with Crippen molar-refractivity contribution in [3.05, 3.63) is 51.7 Å². The molecular weight excluding hydrogens is 360 g/mol. The van der Waals surface area contributed by atoms with Crippen LogP contribution in [-0.2, 0) is 23.0 Å². The van der Waals surface area contributed by atoms with Crippen LogP contribution < -0.4 is 5.32 Å². The van der Waals surface area contributed by atoms with Gasteiger partial charge in [0.25, 0.3) is 5.91 Å². The summed E-state index contributed by atoms with van der Waals surface area (Å²) in [6.07, 6.45) is 0.655. The van der Waals surface area contributed by atoms with Crippen LogP contribution in [0.4, 0.5) is 0 Å². The molecule has 1 aromatic heterocycles. The molecule has 1 aliphatic rings. The van der Waals surface area contributed by atoms with E-state index in [-0.39, 0.29) is 16.4 Å². The molecule has 1 atom stereocenters. The number of carbonyl (C=O) groups is 1. The van der Waals surface area contributed by atoms with Gasteiger partial charge in [0.2, 0.25) is 10.0 Å². The van der Waals surface area contributed by atoms with Crippen molar-refractivity contribution in [2.75, 3.05) is 13.2 Å². The number of hydrogen-bond acceptors (Lipinski definition) is 5. The monoisotopic (exact) mass is 380 g/mol. The molecule has 8 heteroatoms. The number of hydrogen-bond donors (Lipinski definition) is 2. The molecule has 3 rings (SSSR count). The summed E-state index contributed by atoms with van der Waals surface area (Å²) in [6.45, 7) is 2.15. The zero-order valence-corrected chi connectivity index (χ0v) is 15.4. The largest absolute Gasteiger partial charge is 0.394 e. The number of thiophene rings is 1. The highest BCUT2D eigenvalue weighted by Gasteiger charge is 2.32. The zero-order chi connectivity index (χ0) is 18.0. The topological polar surface area (TPSA) is 86.7 Å². The third kappa shape index (κ3) is 3.62. The highest BCUT2D eigenvalue weighted by atomic mass is 32.2. The Morgan fingerprint density at radius 1 is 1.32 bits per heavy atom. The van der Waals surface area contributed by atoms with Gasteiger partial charge in [-0.3, -0.25) is 4.79 Å². The summed E-state index contributed by atoms with van der Waals surface area (Å²) in [7, 11) is -3.76. The summed E-state index contributed by atoms with van der Waals surface area (Å²) < 4.78 is 27.5. The second kappa shape index (κ2) is 7.25. The fourth-order valence-electron chi connectivity index (χ4n) is 2.82. The van der Waals surface area contributed by atoms with E-state index >= 15 is 0 Å². The van der Waals surface area contributed by atoms with Gasteiger partial charge in [0.05, 0.1) is 6.61 Å². The van der Waals surface area contributed by atoms with Crippen LogP contribution in [0.3, 0.4) is 0 Å². The highest BCUT2D eigenvalue weighted by Crippen LogP contribution is 2.29. The summed E-state index contributed by atoms with van der Waals surface area (Å²) >= 11 is 1.09. The Morgan fingerprint density at radius 3 is 2.76 bits per heavy atom. The maximum absolute atomic E-state index is 13.0. The van der Waals surface area contributed by atoms with Crippen molar-refractivity contribution in [1.29, 1.82) is 0 Å². The second-order valence-electron chi connectivity index (χ2n) is 6.03. The summed E-state index contributed by atoms with van der Waals surface area (Å²) in [5.74, 6) is -0.479. The van der Waals surface area contributed by atoms with Crippen molar-refractivity contribution < 1.29 is 18.3 Å². The molecule has 0 fully saturated rings. The number of rotatable bonds is 5. The lowest BCUT2D eigenvalue weighted by Gasteiger charge is -2.28. The molecule has 2 N–H and O–H groups in total. The lowest BCUT2D eigenvalue weighted by molar-refractivity contribution is 0.0923. The number of fused-ring (bicyclic) bond motifs is 1. The van der Waals surface area contributed by atoms with Crippen molar-refractivity contribution in [3.8, 4) is 0 Å². The lowest BCUT2D eigenvalue weighted by atomic mass is 10.0. The molecule has 0 bridgehead atoms. The molecule has 0 radical (unpaired) electrons. The van der Waals surface area contributed by atoms with Crippen molar-refractivity contribution in [3.63, 3.8) is 0 Å². The van der Waals surface area contributed by atoms with Crippen molar-refractivity contribution >= 4 is 27.3 Å². The van der Waals surface area contributed by atoms with E-state index in [0.717, 1.165) is 22.5 Å². The average molecular weight is 380 g/mol. The molecule has 1 aliphatic heterocycles. The fraction of sp³-hybridized carbons (Fsp3) is 0.353. The van der Waals surface area contributed by atoms with E-state index in [1.807, 2.05) is 24.3 Å². The molecule has 0 unspecified atom stereocenters. The van der Waals surface area contributed by atoms with Crippen molar-refractivity contribution in [2.45, 2.75) is 30.8 Å². The molecule has 0 saturated heterocycles. The average Bonchev–Trinajstić information content (AvgIpc) is 3.12. The normalized spacial score (nSPS) is 16.2. The highest BCUT2D eigenvalue weighted by molar-refractivity contribution is 7.89. The third-order valence-corrected chi connectivity index (χ3v) is 7.13. The molecule has 2 heterocycles. The first kappa shape index (κ1) is 18.1. The SMILES string of the molecule is C[C@@H](CO)NC(=O)c1sccc1S(=O)(=O)N1CCc2ccccc2C1. The number of aliphatic hydroxyl groups excluding tert-OH is 1. The number of benzene rings is 1. The molecule has 6 nitrogen and oxygen atoms in total. The lowest BCUT2D eigenvalue weighted by Crippen LogP contribution is -2.38. The molecule has 0 saturated carbocycles. The molecular formula is C17H20N2O4S2. The third-order valence-electron chi connectivity index (χ3n) is 4.20. The van der Waals surface area contributed by atoms with Gasteiger partial charge in [0, 0.05) is 19.1 Å². The molecule has 1 amide bonds. The zero-order valence-electron chi connectivity index (χ0n) is 13.8. The number of nitrogens with one attached hydrogen (secondary N) is 1. The van der Waals surface area contributed by atoms with E-state index in [1.165, 1.54) is 10.4 Å². The van der Waals surface area contributed by atoms with Gasteiger partial charge >= 0.3 is 0 Å². The molecule has 2 aromatic rings. The summed E-state index contributed by atoms with van der Waals surface area (Å²) in [4.78, 5) is 12.5. The summed E-state index contributed by atoms with van der Waals surface area (Å²) in [5, 5.41) is 13.3. The fourth-order valence-corrected chi connectivity index (χ4v) is 5.54. The van der Waals surface area contributed by atoms with Crippen LogP contribution in [0.25, 0.3) is 0 Å². The van der Waals surface area contributed by atoms with Gasteiger partial charge in [-0.25, -0.2) is 8.42 Å². The molecule has 0 aliphatic carbocycles. The van der Waals surface area contributed by atoms with Crippen LogP contribution >= 0.6 is 11.3 Å². The van der Waals surface area contributed by atoms with Crippen LogP contribution in [0.1, 0.15) is 27.7 Å². The van der Waals surface area contributed by atoms with Crippen LogP contribution in [0.15, 0.2) is 40.6 Å². The summed E-state index contributed by atoms with van der Waals surface area (Å²) in [5.41, 5.74) is 2.15. The van der Waals surface area contributed by atoms with E-state index in [2.05, 4.69) is 5.32 Å². The minimum Gasteiger partial charge on any atom is -0.394 e. The van der Waals surface area contributed by atoms with E-state index in [1.54, 1.807) is 12.3 Å². The van der Waals surface area contributed by atoms with Gasteiger partial charge in [0.1, 0.15) is 9.77 Å². The van der Waals surface area contributed by atoms with Gasteiger partial charge in [-0.1, -0.05) is 24.3 Å². The summed E-state index contributed by atoms with van der Waals surface area (Å²) in [6, 6.07) is 8.83. The molecule has 25 heavy (non-hydrogen) atoms. The predicted molar refractivity (Wildman–Crippen MR) is 96.1 cm³/mol. The Balaban J connectivity index is 1.87. The van der Waals surface area contributed by atoms with E-state index < -0.39 is 22.0 Å². The minimum absolute atomic E-state index is 0.0273. The van der Waals surface area contributed by atoms with Crippen LogP contribution in [0, 0.1) is 0 Å². The van der Waals surface area contributed by atoms with Crippen molar-refractivity contribution in [1.82, 2.24) is 9.62 Å². The maximum atomic E-state index is 13.0. The minimum atomic E-state index is -3.76. The van der Waals surface area contributed by atoms with Crippen LogP contribution in [0.5, 0.6) is 0 Å². The number of aliphatic hydroxyl groups is 1. The first-order valence-corrected chi connectivity index (χ1v) is 10.3. The quantitative estimate of drug-likeness (QED) is 0.825.